The van der Waals surface area contributed by atoms with Gasteiger partial charge in [0.1, 0.15) is 21.4 Å². The summed E-state index contributed by atoms with van der Waals surface area (Å²) < 4.78 is 35.9. The Labute approximate surface area is 252 Å². The van der Waals surface area contributed by atoms with Gasteiger partial charge in [0.15, 0.2) is 0 Å². The Morgan fingerprint density at radius 2 is 1.88 bits per heavy atom. The van der Waals surface area contributed by atoms with Gasteiger partial charge in [-0.05, 0) is 76.1 Å². The molecule has 3 aromatic rings. The van der Waals surface area contributed by atoms with E-state index >= 15 is 0 Å². The number of rotatable bonds is 11. The molecule has 1 N–H and O–H groups in total. The van der Waals surface area contributed by atoms with Gasteiger partial charge in [-0.15, -0.1) is 0 Å². The smallest absolute Gasteiger partial charge is 0.310 e. The average Bonchev–Trinajstić information content (AvgIpc) is 3.44. The fourth-order valence-electron chi connectivity index (χ4n) is 6.08. The molecule has 1 saturated heterocycles. The van der Waals surface area contributed by atoms with E-state index in [2.05, 4.69) is 10.3 Å². The van der Waals surface area contributed by atoms with Gasteiger partial charge in [-0.2, -0.15) is 4.98 Å². The number of hydrogen-bond donors (Lipinski definition) is 1. The van der Waals surface area contributed by atoms with Crippen molar-refractivity contribution in [3.63, 3.8) is 0 Å². The molecular weight excluding hydrogens is 570 g/mol. The molecule has 2 fully saturated rings. The van der Waals surface area contributed by atoms with E-state index < -0.39 is 9.84 Å². The van der Waals surface area contributed by atoms with E-state index in [1.807, 2.05) is 46.0 Å². The summed E-state index contributed by atoms with van der Waals surface area (Å²) in [5.74, 6) is 1.76. The Balaban J connectivity index is 1.17. The number of carbonyl (C=O) groups excluding carboxylic acids is 2. The number of anilines is 1. The fourth-order valence-corrected chi connectivity index (χ4v) is 6.72. The molecule has 1 aliphatic carbocycles. The van der Waals surface area contributed by atoms with Gasteiger partial charge in [0.2, 0.25) is 11.9 Å². The average molecular weight is 612 g/mol. The molecule has 11 nitrogen and oxygen atoms in total. The zero-order valence-electron chi connectivity index (χ0n) is 24.9. The van der Waals surface area contributed by atoms with E-state index in [9.17, 15) is 18.0 Å². The molecule has 0 spiro atoms. The number of fused-ring (bicyclic) bond motifs is 1. The van der Waals surface area contributed by atoms with Gasteiger partial charge in [0, 0.05) is 49.1 Å². The maximum absolute atomic E-state index is 13.3. The number of aromatic nitrogens is 3. The molecule has 5 rings (SSSR count). The van der Waals surface area contributed by atoms with Crippen molar-refractivity contribution < 1.29 is 27.5 Å². The van der Waals surface area contributed by atoms with E-state index in [0.717, 1.165) is 49.4 Å². The van der Waals surface area contributed by atoms with Crippen LogP contribution in [0.3, 0.4) is 0 Å². The van der Waals surface area contributed by atoms with E-state index in [1.54, 1.807) is 13.1 Å². The highest BCUT2D eigenvalue weighted by Crippen LogP contribution is 2.31. The van der Waals surface area contributed by atoms with E-state index in [-0.39, 0.29) is 35.5 Å². The van der Waals surface area contributed by atoms with E-state index in [0.29, 0.717) is 50.2 Å². The number of esters is 1. The van der Waals surface area contributed by atoms with Crippen molar-refractivity contribution in [1.82, 2.24) is 19.4 Å². The number of sulfone groups is 1. The molecule has 1 amide bonds. The standard InChI is InChI=1S/C31H41N5O6S/c1-3-41-30(38)23-7-5-17-35(21-23)29(37)22-10-12-24(13-11-22)33-31-32-16-14-28(34-31)36-18-15-25-26(36)8-4-9-27(25)42-19-6-20-43(2,39)40/h4,8-9,14-16,18,22-24H,3,5-7,10-13,17,19-21H2,1-2H3,(H,32,33,34)/t22-,23-,24-/m1/s1. The van der Waals surface area contributed by atoms with Crippen molar-refractivity contribution in [2.24, 2.45) is 11.8 Å². The van der Waals surface area contributed by atoms with Crippen LogP contribution in [0.25, 0.3) is 16.7 Å². The largest absolute Gasteiger partial charge is 0.493 e. The number of amides is 1. The molecule has 1 saturated carbocycles. The van der Waals surface area contributed by atoms with Gasteiger partial charge in [0.25, 0.3) is 0 Å². The van der Waals surface area contributed by atoms with Crippen LogP contribution in [0, 0.1) is 11.8 Å². The number of carbonyl (C=O) groups is 2. The minimum Gasteiger partial charge on any atom is -0.493 e. The molecule has 0 unspecified atom stereocenters. The first kappa shape index (κ1) is 30.8. The Bertz CT molecular complexity index is 1530. The maximum Gasteiger partial charge on any atom is 0.310 e. The summed E-state index contributed by atoms with van der Waals surface area (Å²) >= 11 is 0. The number of nitrogens with zero attached hydrogens (tertiary/aromatic N) is 4. The normalized spacial score (nSPS) is 21.0. The van der Waals surface area contributed by atoms with Crippen molar-refractivity contribution >= 4 is 38.6 Å². The van der Waals surface area contributed by atoms with Gasteiger partial charge < -0.3 is 24.3 Å². The minimum absolute atomic E-state index is 0.0275. The zero-order chi connectivity index (χ0) is 30.4. The molecule has 232 valence electrons. The highest BCUT2D eigenvalue weighted by atomic mass is 32.2. The number of likely N-dealkylation sites (tertiary alicyclic amines) is 1. The van der Waals surface area contributed by atoms with E-state index in [1.165, 1.54) is 6.26 Å². The fraction of sp³-hybridized carbons (Fsp3) is 0.548. The van der Waals surface area contributed by atoms with Crippen molar-refractivity contribution in [3.05, 3.63) is 42.7 Å². The Morgan fingerprint density at radius 1 is 1.07 bits per heavy atom. The summed E-state index contributed by atoms with van der Waals surface area (Å²) in [5, 5.41) is 4.39. The van der Waals surface area contributed by atoms with Gasteiger partial charge in [0.05, 0.1) is 30.4 Å². The molecule has 2 aromatic heterocycles. The monoisotopic (exact) mass is 611 g/mol. The van der Waals surface area contributed by atoms with Crippen molar-refractivity contribution in [3.8, 4) is 11.6 Å². The lowest BCUT2D eigenvalue weighted by Gasteiger charge is -2.36. The number of benzene rings is 1. The quantitative estimate of drug-likeness (QED) is 0.252. The first-order valence-electron chi connectivity index (χ1n) is 15.2. The summed E-state index contributed by atoms with van der Waals surface area (Å²) in [4.78, 5) is 36.6. The molecule has 1 atom stereocenters. The number of ether oxygens (including phenoxy) is 2. The second-order valence-electron chi connectivity index (χ2n) is 11.5. The number of nitrogens with one attached hydrogen (secondary N) is 1. The number of hydrogen-bond acceptors (Lipinski definition) is 9. The topological polar surface area (TPSA) is 133 Å². The zero-order valence-corrected chi connectivity index (χ0v) is 25.7. The summed E-state index contributed by atoms with van der Waals surface area (Å²) in [6.45, 7) is 3.65. The molecular formula is C31H41N5O6S. The lowest BCUT2D eigenvalue weighted by molar-refractivity contribution is -0.152. The molecule has 2 aliphatic rings. The maximum atomic E-state index is 13.3. The molecule has 0 bridgehead atoms. The van der Waals surface area contributed by atoms with Crippen molar-refractivity contribution in [2.75, 3.05) is 43.6 Å². The molecule has 12 heteroatoms. The Hall–Kier alpha value is -3.67. The van der Waals surface area contributed by atoms with Gasteiger partial charge >= 0.3 is 5.97 Å². The van der Waals surface area contributed by atoms with Gasteiger partial charge in [-0.1, -0.05) is 6.07 Å². The Morgan fingerprint density at radius 3 is 2.65 bits per heavy atom. The second kappa shape index (κ2) is 13.7. The third kappa shape index (κ3) is 7.84. The summed E-state index contributed by atoms with van der Waals surface area (Å²) in [6.07, 6.45) is 10.2. The molecule has 1 aromatic carbocycles. The second-order valence-corrected chi connectivity index (χ2v) is 13.8. The summed E-state index contributed by atoms with van der Waals surface area (Å²) in [6, 6.07) is 9.76. The van der Waals surface area contributed by atoms with Crippen LogP contribution in [0.1, 0.15) is 51.9 Å². The molecule has 3 heterocycles. The minimum atomic E-state index is -3.02. The van der Waals surface area contributed by atoms with Crippen LogP contribution in [-0.4, -0.2) is 84.1 Å². The first-order chi connectivity index (χ1) is 20.7. The first-order valence-corrected chi connectivity index (χ1v) is 17.2. The predicted octanol–water partition coefficient (Wildman–Crippen LogP) is 4.01. The van der Waals surface area contributed by atoms with Crippen molar-refractivity contribution in [1.29, 1.82) is 0 Å². The Kier molecular flexibility index (Phi) is 9.84. The molecule has 0 radical (unpaired) electrons. The lowest BCUT2D eigenvalue weighted by Crippen LogP contribution is -2.46. The number of piperidine rings is 1. The van der Waals surface area contributed by atoms with Gasteiger partial charge in [-0.25, -0.2) is 13.4 Å². The molecule has 43 heavy (non-hydrogen) atoms. The summed E-state index contributed by atoms with van der Waals surface area (Å²) in [7, 11) is -3.02. The van der Waals surface area contributed by atoms with Crippen LogP contribution in [0.5, 0.6) is 5.75 Å². The molecule has 1 aliphatic heterocycles. The third-order valence-electron chi connectivity index (χ3n) is 8.26. The van der Waals surface area contributed by atoms with E-state index in [4.69, 9.17) is 14.5 Å². The van der Waals surface area contributed by atoms with Crippen LogP contribution in [-0.2, 0) is 24.2 Å². The third-order valence-corrected chi connectivity index (χ3v) is 9.29. The van der Waals surface area contributed by atoms with Crippen LogP contribution >= 0.6 is 0 Å². The SMILES string of the molecule is CCOC(=O)[C@@H]1CCCN(C(=O)[C@H]2CC[C@H](Nc3nccc(-n4ccc5c(OCCCS(C)(=O)=O)cccc54)n3)CC2)C1. The van der Waals surface area contributed by atoms with Crippen LogP contribution in [0.15, 0.2) is 42.7 Å². The van der Waals surface area contributed by atoms with Gasteiger partial charge in [-0.3, -0.25) is 9.59 Å². The van der Waals surface area contributed by atoms with Crippen LogP contribution < -0.4 is 10.1 Å². The predicted molar refractivity (Wildman–Crippen MR) is 164 cm³/mol. The highest BCUT2D eigenvalue weighted by molar-refractivity contribution is 7.90. The lowest BCUT2D eigenvalue weighted by atomic mass is 9.84. The van der Waals surface area contributed by atoms with Crippen molar-refractivity contribution in [2.45, 2.75) is 57.9 Å². The van der Waals surface area contributed by atoms with Crippen LogP contribution in [0.4, 0.5) is 5.95 Å². The van der Waals surface area contributed by atoms with Crippen LogP contribution in [0.2, 0.25) is 0 Å². The summed E-state index contributed by atoms with van der Waals surface area (Å²) in [5.41, 5.74) is 0.923. The highest BCUT2D eigenvalue weighted by Gasteiger charge is 2.34.